The highest BCUT2D eigenvalue weighted by atomic mass is 16.5. The van der Waals surface area contributed by atoms with E-state index in [1.807, 2.05) is 42.5 Å². The van der Waals surface area contributed by atoms with E-state index >= 15 is 0 Å². The van der Waals surface area contributed by atoms with Gasteiger partial charge < -0.3 is 15.4 Å². The van der Waals surface area contributed by atoms with Crippen LogP contribution in [0.15, 0.2) is 48.7 Å². The number of amides is 2. The predicted octanol–water partition coefficient (Wildman–Crippen LogP) is 2.55. The Morgan fingerprint density at radius 1 is 1.20 bits per heavy atom. The summed E-state index contributed by atoms with van der Waals surface area (Å²) in [7, 11) is 1.62. The lowest BCUT2D eigenvalue weighted by atomic mass is 10.2. The number of carbonyl (C=O) groups is 1. The van der Waals surface area contributed by atoms with Gasteiger partial charge in [0.1, 0.15) is 0 Å². The average molecular weight is 271 g/mol. The molecule has 0 saturated heterocycles. The lowest BCUT2D eigenvalue weighted by molar-refractivity contribution is 0.185. The smallest absolute Gasteiger partial charge is 0.319 e. The Hall–Kier alpha value is -2.40. The standard InChI is InChI=1S/C15H17N3O2/c1-20-11-12-6-2-3-8-14(12)18-15(19)17-10-13-7-4-5-9-16-13/h2-9H,10-11H2,1H3,(H2,17,18,19). The Morgan fingerprint density at radius 3 is 2.75 bits per heavy atom. The van der Waals surface area contributed by atoms with E-state index in [0.717, 1.165) is 16.9 Å². The van der Waals surface area contributed by atoms with Crippen molar-refractivity contribution >= 4 is 11.7 Å². The number of methoxy groups -OCH3 is 1. The fourth-order valence-corrected chi connectivity index (χ4v) is 1.76. The van der Waals surface area contributed by atoms with E-state index in [0.29, 0.717) is 13.2 Å². The number of hydrogen-bond donors (Lipinski definition) is 2. The van der Waals surface area contributed by atoms with Crippen LogP contribution < -0.4 is 10.6 Å². The van der Waals surface area contributed by atoms with Gasteiger partial charge >= 0.3 is 6.03 Å². The van der Waals surface area contributed by atoms with Crippen molar-refractivity contribution in [2.45, 2.75) is 13.2 Å². The van der Waals surface area contributed by atoms with Gasteiger partial charge in [0.15, 0.2) is 0 Å². The van der Waals surface area contributed by atoms with E-state index in [1.165, 1.54) is 0 Å². The summed E-state index contributed by atoms with van der Waals surface area (Å²) in [6.07, 6.45) is 1.70. The second-order valence-electron chi connectivity index (χ2n) is 4.22. The highest BCUT2D eigenvalue weighted by Crippen LogP contribution is 2.15. The van der Waals surface area contributed by atoms with Crippen LogP contribution in [-0.4, -0.2) is 18.1 Å². The van der Waals surface area contributed by atoms with E-state index in [-0.39, 0.29) is 6.03 Å². The fraction of sp³-hybridized carbons (Fsp3) is 0.200. The Morgan fingerprint density at radius 2 is 2.00 bits per heavy atom. The molecule has 5 heteroatoms. The predicted molar refractivity (Wildman–Crippen MR) is 77.3 cm³/mol. The van der Waals surface area contributed by atoms with Crippen molar-refractivity contribution in [3.63, 3.8) is 0 Å². The summed E-state index contributed by atoms with van der Waals surface area (Å²) < 4.78 is 5.10. The van der Waals surface area contributed by atoms with Crippen LogP contribution in [0.5, 0.6) is 0 Å². The number of benzene rings is 1. The van der Waals surface area contributed by atoms with Gasteiger partial charge in [-0.05, 0) is 18.2 Å². The molecule has 2 N–H and O–H groups in total. The summed E-state index contributed by atoms with van der Waals surface area (Å²) in [5.41, 5.74) is 2.49. The molecule has 1 aromatic heterocycles. The molecule has 0 atom stereocenters. The number of rotatable bonds is 5. The molecule has 1 aromatic carbocycles. The van der Waals surface area contributed by atoms with E-state index in [9.17, 15) is 4.79 Å². The lowest BCUT2D eigenvalue weighted by Gasteiger charge is -2.11. The van der Waals surface area contributed by atoms with Crippen molar-refractivity contribution in [3.05, 3.63) is 59.9 Å². The monoisotopic (exact) mass is 271 g/mol. The number of nitrogens with one attached hydrogen (secondary N) is 2. The number of anilines is 1. The second-order valence-corrected chi connectivity index (χ2v) is 4.22. The van der Waals surface area contributed by atoms with Crippen LogP contribution in [0.1, 0.15) is 11.3 Å². The molecule has 0 aliphatic heterocycles. The Kier molecular flexibility index (Phi) is 5.08. The Labute approximate surface area is 118 Å². The van der Waals surface area contributed by atoms with Crippen molar-refractivity contribution in [1.82, 2.24) is 10.3 Å². The van der Waals surface area contributed by atoms with Crippen molar-refractivity contribution in [3.8, 4) is 0 Å². The quantitative estimate of drug-likeness (QED) is 0.878. The van der Waals surface area contributed by atoms with Gasteiger partial charge in [0.25, 0.3) is 0 Å². The molecule has 0 aliphatic carbocycles. The molecule has 2 aromatic rings. The van der Waals surface area contributed by atoms with Gasteiger partial charge in [-0.3, -0.25) is 4.98 Å². The number of carbonyl (C=O) groups excluding carboxylic acids is 1. The largest absolute Gasteiger partial charge is 0.380 e. The Balaban J connectivity index is 1.91. The zero-order valence-electron chi connectivity index (χ0n) is 11.3. The number of para-hydroxylation sites is 1. The third-order valence-corrected chi connectivity index (χ3v) is 2.72. The Bertz CT molecular complexity index is 558. The third kappa shape index (κ3) is 4.07. The van der Waals surface area contributed by atoms with Gasteiger partial charge in [-0.25, -0.2) is 4.79 Å². The van der Waals surface area contributed by atoms with Crippen LogP contribution in [0.25, 0.3) is 0 Å². The SMILES string of the molecule is COCc1ccccc1NC(=O)NCc1ccccn1. The van der Waals surface area contributed by atoms with Gasteiger partial charge in [0.2, 0.25) is 0 Å². The van der Waals surface area contributed by atoms with Crippen molar-refractivity contribution in [1.29, 1.82) is 0 Å². The highest BCUT2D eigenvalue weighted by Gasteiger charge is 2.06. The first-order valence-corrected chi connectivity index (χ1v) is 6.31. The molecule has 0 saturated carbocycles. The lowest BCUT2D eigenvalue weighted by Crippen LogP contribution is -2.28. The number of aromatic nitrogens is 1. The second kappa shape index (κ2) is 7.25. The molecule has 5 nitrogen and oxygen atoms in total. The number of pyridine rings is 1. The first-order valence-electron chi connectivity index (χ1n) is 6.31. The third-order valence-electron chi connectivity index (χ3n) is 2.72. The highest BCUT2D eigenvalue weighted by molar-refractivity contribution is 5.89. The van der Waals surface area contributed by atoms with Gasteiger partial charge in [-0.2, -0.15) is 0 Å². The molecule has 1 heterocycles. The first kappa shape index (κ1) is 14.0. The van der Waals surface area contributed by atoms with E-state index in [1.54, 1.807) is 13.3 Å². The van der Waals surface area contributed by atoms with Crippen molar-refractivity contribution in [2.75, 3.05) is 12.4 Å². The number of hydrogen-bond acceptors (Lipinski definition) is 3. The molecular formula is C15H17N3O2. The molecule has 20 heavy (non-hydrogen) atoms. The van der Waals surface area contributed by atoms with Crippen LogP contribution >= 0.6 is 0 Å². The molecule has 0 spiro atoms. The maximum atomic E-state index is 11.9. The normalized spacial score (nSPS) is 10.1. The van der Waals surface area contributed by atoms with Crippen molar-refractivity contribution < 1.29 is 9.53 Å². The summed E-state index contributed by atoms with van der Waals surface area (Å²) >= 11 is 0. The fourth-order valence-electron chi connectivity index (χ4n) is 1.76. The zero-order valence-corrected chi connectivity index (χ0v) is 11.3. The van der Waals surface area contributed by atoms with E-state index in [2.05, 4.69) is 15.6 Å². The number of ether oxygens (including phenoxy) is 1. The minimum absolute atomic E-state index is 0.265. The van der Waals surface area contributed by atoms with Gasteiger partial charge in [-0.1, -0.05) is 24.3 Å². The molecule has 0 bridgehead atoms. The van der Waals surface area contributed by atoms with Crippen LogP contribution in [-0.2, 0) is 17.9 Å². The molecular weight excluding hydrogens is 254 g/mol. The minimum atomic E-state index is -0.265. The average Bonchev–Trinajstić information content (AvgIpc) is 2.49. The molecule has 104 valence electrons. The van der Waals surface area contributed by atoms with Gasteiger partial charge in [-0.15, -0.1) is 0 Å². The molecule has 0 radical (unpaired) electrons. The number of urea groups is 1. The van der Waals surface area contributed by atoms with Crippen molar-refractivity contribution in [2.24, 2.45) is 0 Å². The molecule has 2 amide bonds. The summed E-state index contributed by atoms with van der Waals surface area (Å²) in [5, 5.41) is 5.57. The van der Waals surface area contributed by atoms with E-state index in [4.69, 9.17) is 4.74 Å². The van der Waals surface area contributed by atoms with Gasteiger partial charge in [0.05, 0.1) is 18.8 Å². The zero-order chi connectivity index (χ0) is 14.2. The van der Waals surface area contributed by atoms with Gasteiger partial charge in [0, 0.05) is 24.6 Å². The summed E-state index contributed by atoms with van der Waals surface area (Å²) in [6, 6.07) is 12.9. The topological polar surface area (TPSA) is 63.2 Å². The van der Waals surface area contributed by atoms with Crippen LogP contribution in [0.2, 0.25) is 0 Å². The first-order chi connectivity index (χ1) is 9.79. The summed E-state index contributed by atoms with van der Waals surface area (Å²) in [6.45, 7) is 0.843. The van der Waals surface area contributed by atoms with Crippen LogP contribution in [0.3, 0.4) is 0 Å². The summed E-state index contributed by atoms with van der Waals surface area (Å²) in [4.78, 5) is 16.0. The van der Waals surface area contributed by atoms with Crippen LogP contribution in [0, 0.1) is 0 Å². The molecule has 0 fully saturated rings. The van der Waals surface area contributed by atoms with E-state index < -0.39 is 0 Å². The maximum Gasteiger partial charge on any atom is 0.319 e. The minimum Gasteiger partial charge on any atom is -0.380 e. The molecule has 2 rings (SSSR count). The molecule has 0 unspecified atom stereocenters. The summed E-state index contributed by atoms with van der Waals surface area (Å²) in [5.74, 6) is 0. The number of nitrogens with zero attached hydrogens (tertiary/aromatic N) is 1. The maximum absolute atomic E-state index is 11.9. The van der Waals surface area contributed by atoms with Crippen LogP contribution in [0.4, 0.5) is 10.5 Å². The molecule has 0 aliphatic rings.